The van der Waals surface area contributed by atoms with Gasteiger partial charge in [-0.15, -0.1) is 0 Å². The van der Waals surface area contributed by atoms with Gasteiger partial charge in [-0.2, -0.15) is 0 Å². The van der Waals surface area contributed by atoms with Crippen molar-refractivity contribution in [3.05, 3.63) is 48.0 Å². The van der Waals surface area contributed by atoms with Crippen LogP contribution in [-0.4, -0.2) is 106 Å². The molecular weight excluding hydrogens is 324 g/mol. The third-order valence-electron chi connectivity index (χ3n) is 2.88. The zero-order valence-corrected chi connectivity index (χ0v) is 17.5. The second-order valence-electron chi connectivity index (χ2n) is 4.33. The van der Waals surface area contributed by atoms with E-state index in [2.05, 4.69) is 0 Å². The van der Waals surface area contributed by atoms with Gasteiger partial charge >= 0.3 is 182 Å². The molecule has 19 heavy (non-hydrogen) atoms. The SMILES string of the molecule is O=S(=O)(c1ccc(F)[c]([K])c1)c1ccc(F)[c]([K])c1. The molecule has 2 nitrogen and oxygen atoms in total. The molecule has 2 rings (SSSR count). The van der Waals surface area contributed by atoms with Crippen LogP contribution in [0.5, 0.6) is 0 Å². The third kappa shape index (κ3) is 3.84. The van der Waals surface area contributed by atoms with Crippen molar-refractivity contribution in [2.75, 3.05) is 0 Å². The van der Waals surface area contributed by atoms with Crippen molar-refractivity contribution in [1.82, 2.24) is 0 Å². The monoisotopic (exact) mass is 330 g/mol. The van der Waals surface area contributed by atoms with Crippen LogP contribution in [0, 0.1) is 11.6 Å². The Morgan fingerprint density at radius 1 is 0.789 bits per heavy atom. The molecule has 0 fully saturated rings. The van der Waals surface area contributed by atoms with Crippen LogP contribution >= 0.6 is 0 Å². The van der Waals surface area contributed by atoms with Crippen molar-refractivity contribution >= 4 is 107 Å². The average Bonchev–Trinajstić information content (AvgIpc) is 2.35. The molecule has 0 aliphatic carbocycles. The van der Waals surface area contributed by atoms with E-state index in [0.29, 0.717) is -0.684 Å². The zero-order chi connectivity index (χ0) is 14.2. The van der Waals surface area contributed by atoms with Crippen LogP contribution in [0.25, 0.3) is 0 Å². The van der Waals surface area contributed by atoms with Gasteiger partial charge < -0.3 is 0 Å². The molecule has 2 aromatic rings. The van der Waals surface area contributed by atoms with Gasteiger partial charge in [0.2, 0.25) is 0 Å². The Kier molecular flexibility index (Phi) is 5.99. The van der Waals surface area contributed by atoms with Gasteiger partial charge in [-0.1, -0.05) is 0 Å². The van der Waals surface area contributed by atoms with E-state index in [-0.39, 0.29) is 119 Å². The van der Waals surface area contributed by atoms with Gasteiger partial charge in [-0.25, -0.2) is 0 Å². The van der Waals surface area contributed by atoms with Crippen LogP contribution < -0.4 is -0.684 Å². The Labute approximate surface area is 178 Å². The van der Waals surface area contributed by atoms with E-state index in [4.69, 9.17) is 0 Å². The Balaban J connectivity index is 2.58. The molecular formula is C12H6F2K2O2S. The van der Waals surface area contributed by atoms with Crippen LogP contribution in [-0.2, 0) is 9.84 Å². The van der Waals surface area contributed by atoms with Crippen LogP contribution in [0.4, 0.5) is 8.78 Å². The minimum absolute atomic E-state index is 0.0522. The van der Waals surface area contributed by atoms with Crippen LogP contribution in [0.15, 0.2) is 46.2 Å². The normalized spacial score (nSPS) is 11.7. The van der Waals surface area contributed by atoms with Crippen molar-refractivity contribution in [2.45, 2.75) is 9.79 Å². The first-order chi connectivity index (χ1) is 8.82. The molecule has 2 aromatic carbocycles. The van der Waals surface area contributed by atoms with Crippen LogP contribution in [0.3, 0.4) is 0 Å². The summed E-state index contributed by atoms with van der Waals surface area (Å²) >= 11 is 0.104. The van der Waals surface area contributed by atoms with E-state index in [9.17, 15) is 17.2 Å². The molecule has 0 radical (unpaired) electrons. The molecule has 0 aromatic heterocycles. The van der Waals surface area contributed by atoms with Gasteiger partial charge in [0.1, 0.15) is 0 Å². The van der Waals surface area contributed by atoms with Crippen molar-refractivity contribution in [3.63, 3.8) is 0 Å². The molecule has 0 N–H and O–H groups in total. The van der Waals surface area contributed by atoms with Crippen molar-refractivity contribution in [1.29, 1.82) is 0 Å². The van der Waals surface area contributed by atoms with E-state index >= 15 is 0 Å². The number of rotatable bonds is 2. The predicted molar refractivity (Wildman–Crippen MR) is 69.0 cm³/mol. The fourth-order valence-corrected chi connectivity index (χ4v) is 5.28. The van der Waals surface area contributed by atoms with E-state index < -0.39 is 9.84 Å². The summed E-state index contributed by atoms with van der Waals surface area (Å²) in [5.74, 6) is -0.742. The summed E-state index contributed by atoms with van der Waals surface area (Å²) in [5, 5.41) is 0. The minimum atomic E-state index is -3.69. The Morgan fingerprint density at radius 2 is 1.16 bits per heavy atom. The summed E-state index contributed by atoms with van der Waals surface area (Å²) in [5.41, 5.74) is 0. The predicted octanol–water partition coefficient (Wildman–Crippen LogP) is 0.385. The topological polar surface area (TPSA) is 34.1 Å². The maximum atomic E-state index is 13.2. The molecule has 7 heteroatoms. The van der Waals surface area contributed by atoms with Gasteiger partial charge in [0.05, 0.1) is 0 Å². The fraction of sp³-hybridized carbons (Fsp3) is 0. The summed E-state index contributed by atoms with van der Waals surface area (Å²) in [7, 11) is -3.69. The maximum absolute atomic E-state index is 13.2. The summed E-state index contributed by atoms with van der Waals surface area (Å²) < 4.78 is 52.0. The second kappa shape index (κ2) is 6.74. The molecule has 88 valence electrons. The zero-order valence-electron chi connectivity index (χ0n) is 10.4. The number of hydrogen-bond donors (Lipinski definition) is 0. The Hall–Kier alpha value is 1.52. The van der Waals surface area contributed by atoms with Gasteiger partial charge in [0, 0.05) is 0 Å². The van der Waals surface area contributed by atoms with E-state index in [1.165, 1.54) is 36.4 Å². The average molecular weight is 330 g/mol. The van der Waals surface area contributed by atoms with Crippen molar-refractivity contribution < 1.29 is 17.2 Å². The first-order valence-corrected chi connectivity index (χ1v) is 10.2. The molecule has 0 saturated heterocycles. The van der Waals surface area contributed by atoms with Crippen LogP contribution in [0.1, 0.15) is 0 Å². The molecule has 0 aliphatic heterocycles. The number of benzene rings is 2. The number of halogens is 2. The fourth-order valence-electron chi connectivity index (χ4n) is 1.70. The first kappa shape index (κ1) is 16.9. The molecule has 0 amide bonds. The van der Waals surface area contributed by atoms with Gasteiger partial charge in [0.25, 0.3) is 0 Å². The molecule has 0 atom stereocenters. The van der Waals surface area contributed by atoms with Crippen molar-refractivity contribution in [2.24, 2.45) is 0 Å². The van der Waals surface area contributed by atoms with Crippen molar-refractivity contribution in [3.8, 4) is 0 Å². The van der Waals surface area contributed by atoms with Gasteiger partial charge in [0.15, 0.2) is 0 Å². The molecule has 0 unspecified atom stereocenters. The summed E-state index contributed by atoms with van der Waals surface area (Å²) in [6.07, 6.45) is 0. The molecule has 0 spiro atoms. The third-order valence-corrected chi connectivity index (χ3v) is 7.02. The van der Waals surface area contributed by atoms with E-state index in [0.717, 1.165) is 0 Å². The molecule has 0 saturated carbocycles. The quantitative estimate of drug-likeness (QED) is 0.590. The second-order valence-corrected chi connectivity index (χ2v) is 9.64. The Bertz CT molecular complexity index is 688. The summed E-state index contributed by atoms with van der Waals surface area (Å²) in [4.78, 5) is 0.131. The standard InChI is InChI=1S/C12H6F2O2S.2K/c13-9-1-5-11(6-2-9)17(15,16)12-7-3-10(14)4-8-12;;/h1,3,5-8H;;. The number of sulfone groups is 1. The summed E-state index contributed by atoms with van der Waals surface area (Å²) in [6.45, 7) is 0. The first-order valence-electron chi connectivity index (χ1n) is 5.60. The molecule has 0 bridgehead atoms. The van der Waals surface area contributed by atoms with Gasteiger partial charge in [-0.05, 0) is 0 Å². The van der Waals surface area contributed by atoms with E-state index in [1.807, 2.05) is 0 Å². The number of hydrogen-bond acceptors (Lipinski definition) is 2. The van der Waals surface area contributed by atoms with Gasteiger partial charge in [-0.3, -0.25) is 0 Å². The van der Waals surface area contributed by atoms with Crippen LogP contribution in [0.2, 0.25) is 0 Å². The van der Waals surface area contributed by atoms with E-state index in [1.54, 1.807) is 0 Å². The molecule has 0 heterocycles. The summed E-state index contributed by atoms with van der Waals surface area (Å²) in [6, 6.07) is 7.57. The molecule has 0 aliphatic rings. The Morgan fingerprint density at radius 3 is 1.47 bits per heavy atom.